The van der Waals surface area contributed by atoms with Gasteiger partial charge in [-0.05, 0) is 32.9 Å². The highest BCUT2D eigenvalue weighted by Gasteiger charge is 2.50. The summed E-state index contributed by atoms with van der Waals surface area (Å²) in [6, 6.07) is 3.10. The van der Waals surface area contributed by atoms with Crippen molar-refractivity contribution < 1.29 is 17.5 Å². The van der Waals surface area contributed by atoms with Crippen molar-refractivity contribution in [1.82, 2.24) is 19.9 Å². The largest absolute Gasteiger partial charge is 0.463 e. The van der Waals surface area contributed by atoms with Crippen molar-refractivity contribution in [3.63, 3.8) is 0 Å². The summed E-state index contributed by atoms with van der Waals surface area (Å²) in [6.07, 6.45) is 5.47. The van der Waals surface area contributed by atoms with E-state index in [9.17, 15) is 12.8 Å². The van der Waals surface area contributed by atoms with Crippen LogP contribution in [-0.4, -0.2) is 51.3 Å². The Morgan fingerprint density at radius 1 is 1.31 bits per heavy atom. The zero-order chi connectivity index (χ0) is 26.1. The van der Waals surface area contributed by atoms with E-state index in [4.69, 9.17) is 10.5 Å². The SMILES string of the molecule is C=C[C@@]1(C)C(N)=N[C@](C)(c2cc(Nc3nccc4nc(OCC#CC)cnc34)cnc2F)CS1(=O)=O. The van der Waals surface area contributed by atoms with Gasteiger partial charge in [0.05, 0.1) is 29.4 Å². The second kappa shape index (κ2) is 9.16. The van der Waals surface area contributed by atoms with Gasteiger partial charge in [-0.25, -0.2) is 28.4 Å². The van der Waals surface area contributed by atoms with Gasteiger partial charge >= 0.3 is 0 Å². The number of nitrogens with one attached hydrogen (secondary N) is 1. The molecule has 4 rings (SSSR count). The maximum absolute atomic E-state index is 14.9. The molecular weight excluding hydrogens is 485 g/mol. The van der Waals surface area contributed by atoms with Crippen LogP contribution in [0.3, 0.4) is 0 Å². The number of hydrogen-bond donors (Lipinski definition) is 2. The fraction of sp³-hybridized carbons (Fsp3) is 0.292. The first-order valence-corrected chi connectivity index (χ1v) is 12.5. The van der Waals surface area contributed by atoms with Crippen LogP contribution in [0.25, 0.3) is 11.0 Å². The quantitative estimate of drug-likeness (QED) is 0.291. The average Bonchev–Trinajstić information content (AvgIpc) is 2.83. The molecule has 0 bridgehead atoms. The molecule has 0 radical (unpaired) electrons. The molecule has 3 aromatic heterocycles. The summed E-state index contributed by atoms with van der Waals surface area (Å²) in [5.74, 6) is 4.65. The maximum atomic E-state index is 14.9. The fourth-order valence-electron chi connectivity index (χ4n) is 3.76. The second-order valence-corrected chi connectivity index (χ2v) is 10.8. The highest BCUT2D eigenvalue weighted by molar-refractivity contribution is 7.93. The normalized spacial score (nSPS) is 22.7. The van der Waals surface area contributed by atoms with E-state index in [1.807, 2.05) is 0 Å². The number of anilines is 2. The zero-order valence-electron chi connectivity index (χ0n) is 19.9. The third kappa shape index (κ3) is 4.33. The summed E-state index contributed by atoms with van der Waals surface area (Å²) in [5, 5.41) is 3.05. The number of nitrogens with zero attached hydrogens (tertiary/aromatic N) is 5. The highest BCUT2D eigenvalue weighted by atomic mass is 32.2. The Bertz CT molecular complexity index is 1560. The molecule has 0 aromatic carbocycles. The van der Waals surface area contributed by atoms with Crippen LogP contribution in [0.15, 0.2) is 48.4 Å². The lowest BCUT2D eigenvalue weighted by Gasteiger charge is -2.38. The Balaban J connectivity index is 1.71. The van der Waals surface area contributed by atoms with Gasteiger partial charge in [0.25, 0.3) is 0 Å². The molecule has 186 valence electrons. The van der Waals surface area contributed by atoms with Crippen molar-refractivity contribution in [2.75, 3.05) is 17.7 Å². The molecule has 2 atom stereocenters. The van der Waals surface area contributed by atoms with Crippen LogP contribution in [-0.2, 0) is 15.4 Å². The highest BCUT2D eigenvalue weighted by Crippen LogP contribution is 2.39. The van der Waals surface area contributed by atoms with E-state index in [-0.39, 0.29) is 18.0 Å². The van der Waals surface area contributed by atoms with E-state index in [0.29, 0.717) is 28.4 Å². The molecule has 0 saturated carbocycles. The molecule has 12 heteroatoms. The molecule has 3 aromatic rings. The third-order valence-corrected chi connectivity index (χ3v) is 8.58. The van der Waals surface area contributed by atoms with Crippen LogP contribution in [0.2, 0.25) is 0 Å². The van der Waals surface area contributed by atoms with Crippen LogP contribution in [0.4, 0.5) is 15.9 Å². The second-order valence-electron chi connectivity index (χ2n) is 8.48. The van der Waals surface area contributed by atoms with E-state index in [0.717, 1.165) is 0 Å². The first kappa shape index (κ1) is 25.0. The van der Waals surface area contributed by atoms with Crippen LogP contribution < -0.4 is 15.8 Å². The number of rotatable bonds is 6. The Kier molecular flexibility index (Phi) is 6.36. The van der Waals surface area contributed by atoms with E-state index in [2.05, 4.69) is 48.7 Å². The maximum Gasteiger partial charge on any atom is 0.233 e. The topological polar surface area (TPSA) is 145 Å². The number of sulfone groups is 1. The first-order valence-electron chi connectivity index (χ1n) is 10.8. The molecule has 1 aliphatic rings. The van der Waals surface area contributed by atoms with Crippen LogP contribution in [0.1, 0.15) is 26.3 Å². The number of aromatic nitrogens is 4. The van der Waals surface area contributed by atoms with Crippen LogP contribution >= 0.6 is 0 Å². The fourth-order valence-corrected chi connectivity index (χ4v) is 5.64. The molecule has 0 fully saturated rings. The Labute approximate surface area is 207 Å². The molecule has 10 nitrogen and oxygen atoms in total. The third-order valence-electron chi connectivity index (χ3n) is 5.97. The number of hydrogen-bond acceptors (Lipinski definition) is 10. The van der Waals surface area contributed by atoms with Crippen molar-refractivity contribution in [1.29, 1.82) is 0 Å². The van der Waals surface area contributed by atoms with E-state index in [1.54, 1.807) is 13.0 Å². The monoisotopic (exact) mass is 509 g/mol. The van der Waals surface area contributed by atoms with Crippen molar-refractivity contribution >= 4 is 38.2 Å². The van der Waals surface area contributed by atoms with Gasteiger partial charge in [0.15, 0.2) is 22.3 Å². The minimum atomic E-state index is -3.85. The van der Waals surface area contributed by atoms with Gasteiger partial charge in [0.2, 0.25) is 11.8 Å². The predicted octanol–water partition coefficient (Wildman–Crippen LogP) is 2.65. The van der Waals surface area contributed by atoms with E-state index >= 15 is 0 Å². The standard InChI is InChI=1S/C24H24FN7O3S/c1-5-7-10-35-18-13-28-19-17(31-18)8-9-27-21(19)30-15-11-16(20(25)29-12-15)23(3)14-36(33,34)24(4,6-2)22(26)32-23/h6,8-9,11-13H,2,10,14H2,1,3-4H3,(H2,26,32)(H,27,30)/t23-,24-/m0/s1. The number of pyridine rings is 2. The Morgan fingerprint density at radius 3 is 2.78 bits per heavy atom. The smallest absolute Gasteiger partial charge is 0.233 e. The number of halogens is 1. The average molecular weight is 510 g/mol. The molecule has 3 N–H and O–H groups in total. The summed E-state index contributed by atoms with van der Waals surface area (Å²) in [4.78, 5) is 21.3. The number of aliphatic imine (C=N–C) groups is 1. The number of fused-ring (bicyclic) bond motifs is 1. The molecular formula is C24H24FN7O3S. The van der Waals surface area contributed by atoms with Gasteiger partial charge in [-0.1, -0.05) is 12.0 Å². The molecule has 0 spiro atoms. The molecule has 36 heavy (non-hydrogen) atoms. The van der Waals surface area contributed by atoms with E-state index in [1.165, 1.54) is 44.6 Å². The molecule has 0 amide bonds. The first-order chi connectivity index (χ1) is 17.0. The summed E-state index contributed by atoms with van der Waals surface area (Å²) in [7, 11) is -3.85. The van der Waals surface area contributed by atoms with Gasteiger partial charge < -0.3 is 15.8 Å². The minimum absolute atomic E-state index is 0.0378. The number of amidine groups is 1. The van der Waals surface area contributed by atoms with Gasteiger partial charge in [0.1, 0.15) is 21.6 Å². The zero-order valence-corrected chi connectivity index (χ0v) is 20.7. The Hall–Kier alpha value is -4.11. The molecule has 0 aliphatic carbocycles. The van der Waals surface area contributed by atoms with Gasteiger partial charge in [-0.15, -0.1) is 12.5 Å². The van der Waals surface area contributed by atoms with Crippen molar-refractivity contribution in [2.45, 2.75) is 31.1 Å². The number of nitrogens with two attached hydrogens (primary N) is 1. The lowest BCUT2D eigenvalue weighted by atomic mass is 9.94. The Morgan fingerprint density at radius 2 is 2.08 bits per heavy atom. The van der Waals surface area contributed by atoms with Gasteiger partial charge in [-0.3, -0.25) is 4.99 Å². The minimum Gasteiger partial charge on any atom is -0.463 e. The molecule has 4 heterocycles. The summed E-state index contributed by atoms with van der Waals surface area (Å²) < 4.78 is 44.9. The van der Waals surface area contributed by atoms with Crippen molar-refractivity contribution in [3.8, 4) is 17.7 Å². The summed E-state index contributed by atoms with van der Waals surface area (Å²) >= 11 is 0. The van der Waals surface area contributed by atoms with E-state index < -0.39 is 31.8 Å². The predicted molar refractivity (Wildman–Crippen MR) is 135 cm³/mol. The number of ether oxygens (including phenoxy) is 1. The van der Waals surface area contributed by atoms with Gasteiger partial charge in [0, 0.05) is 11.8 Å². The lowest BCUT2D eigenvalue weighted by Crippen LogP contribution is -2.55. The van der Waals surface area contributed by atoms with Gasteiger partial charge in [-0.2, -0.15) is 4.39 Å². The molecule has 0 unspecified atom stereocenters. The van der Waals surface area contributed by atoms with Crippen molar-refractivity contribution in [3.05, 3.63) is 54.9 Å². The molecule has 1 aliphatic heterocycles. The lowest BCUT2D eigenvalue weighted by molar-refractivity contribution is 0.355. The summed E-state index contributed by atoms with van der Waals surface area (Å²) in [6.45, 7) is 8.39. The van der Waals surface area contributed by atoms with Crippen LogP contribution in [0, 0.1) is 17.8 Å². The summed E-state index contributed by atoms with van der Waals surface area (Å²) in [5.41, 5.74) is 5.79. The van der Waals surface area contributed by atoms with Crippen LogP contribution in [0.5, 0.6) is 5.88 Å². The molecule has 0 saturated heterocycles. The van der Waals surface area contributed by atoms with Crippen molar-refractivity contribution in [2.24, 2.45) is 10.7 Å².